The summed E-state index contributed by atoms with van der Waals surface area (Å²) in [5.74, 6) is -1.13. The Morgan fingerprint density at radius 2 is 1.80 bits per heavy atom. The molecule has 0 heterocycles. The van der Waals surface area contributed by atoms with E-state index in [2.05, 4.69) is 29.2 Å². The standard InChI is InChI=1S/C14H15IO5/c1-9(2)13(17)19-7-12(16)8-20-14(18)10-3-5-11(15)6-4-10/h3-6,12,16H,1,7-8H2,2H3. The minimum atomic E-state index is -1.06. The Morgan fingerprint density at radius 3 is 2.35 bits per heavy atom. The Hall–Kier alpha value is -1.41. The minimum absolute atomic E-state index is 0.242. The van der Waals surface area contributed by atoms with Crippen LogP contribution in [0.4, 0.5) is 0 Å². The number of carbonyl (C=O) groups is 2. The first-order valence-corrected chi connectivity index (χ1v) is 6.91. The van der Waals surface area contributed by atoms with Crippen molar-refractivity contribution in [3.8, 4) is 0 Å². The normalized spacial score (nSPS) is 11.6. The van der Waals surface area contributed by atoms with Crippen LogP contribution in [-0.2, 0) is 14.3 Å². The zero-order valence-corrected chi connectivity index (χ0v) is 13.1. The van der Waals surface area contributed by atoms with Gasteiger partial charge in [-0.05, 0) is 53.8 Å². The van der Waals surface area contributed by atoms with Crippen LogP contribution >= 0.6 is 22.6 Å². The van der Waals surface area contributed by atoms with Crippen molar-refractivity contribution in [3.63, 3.8) is 0 Å². The molecule has 0 amide bonds. The lowest BCUT2D eigenvalue weighted by atomic mass is 10.2. The number of ether oxygens (including phenoxy) is 2. The molecule has 108 valence electrons. The highest BCUT2D eigenvalue weighted by Crippen LogP contribution is 2.08. The van der Waals surface area contributed by atoms with Crippen molar-refractivity contribution in [3.05, 3.63) is 45.6 Å². The van der Waals surface area contributed by atoms with Gasteiger partial charge in [0.15, 0.2) is 0 Å². The number of benzene rings is 1. The highest BCUT2D eigenvalue weighted by molar-refractivity contribution is 14.1. The maximum atomic E-state index is 11.6. The molecule has 1 aromatic rings. The SMILES string of the molecule is C=C(C)C(=O)OCC(O)COC(=O)c1ccc(I)cc1. The molecule has 0 saturated carbocycles. The van der Waals surface area contributed by atoms with Gasteiger partial charge in [-0.25, -0.2) is 9.59 Å². The van der Waals surface area contributed by atoms with E-state index < -0.39 is 18.0 Å². The van der Waals surface area contributed by atoms with Gasteiger partial charge in [0.05, 0.1) is 5.56 Å². The first-order chi connectivity index (χ1) is 9.40. The number of rotatable bonds is 6. The molecule has 0 aromatic heterocycles. The Kier molecular flexibility index (Phi) is 6.66. The van der Waals surface area contributed by atoms with Crippen LogP contribution in [0, 0.1) is 3.57 Å². The molecule has 0 radical (unpaired) electrons. The van der Waals surface area contributed by atoms with E-state index in [0.717, 1.165) is 3.57 Å². The van der Waals surface area contributed by atoms with Crippen molar-refractivity contribution < 1.29 is 24.2 Å². The van der Waals surface area contributed by atoms with Crippen LogP contribution in [0.25, 0.3) is 0 Å². The highest BCUT2D eigenvalue weighted by atomic mass is 127. The number of aliphatic hydroxyl groups excluding tert-OH is 1. The van der Waals surface area contributed by atoms with Crippen molar-refractivity contribution in [1.29, 1.82) is 0 Å². The molecule has 0 saturated heterocycles. The topological polar surface area (TPSA) is 72.8 Å². The van der Waals surface area contributed by atoms with Crippen molar-refractivity contribution >= 4 is 34.5 Å². The summed E-state index contributed by atoms with van der Waals surface area (Å²) in [7, 11) is 0. The lowest BCUT2D eigenvalue weighted by Crippen LogP contribution is -2.25. The molecule has 1 rings (SSSR count). The predicted molar refractivity (Wildman–Crippen MR) is 81.2 cm³/mol. The van der Waals surface area contributed by atoms with Gasteiger partial charge in [-0.1, -0.05) is 6.58 Å². The molecule has 0 aliphatic heterocycles. The third-order valence-electron chi connectivity index (χ3n) is 2.24. The van der Waals surface area contributed by atoms with E-state index in [-0.39, 0.29) is 18.8 Å². The van der Waals surface area contributed by atoms with Crippen molar-refractivity contribution in [2.24, 2.45) is 0 Å². The van der Waals surface area contributed by atoms with E-state index in [9.17, 15) is 14.7 Å². The lowest BCUT2D eigenvalue weighted by molar-refractivity contribution is -0.142. The molecule has 0 aliphatic carbocycles. The van der Waals surface area contributed by atoms with Crippen LogP contribution in [0.2, 0.25) is 0 Å². The maximum Gasteiger partial charge on any atom is 0.338 e. The molecule has 5 nitrogen and oxygen atoms in total. The minimum Gasteiger partial charge on any atom is -0.459 e. The molecule has 20 heavy (non-hydrogen) atoms. The summed E-state index contributed by atoms with van der Waals surface area (Å²) in [6, 6.07) is 6.83. The number of esters is 2. The van der Waals surface area contributed by atoms with Gasteiger partial charge in [-0.15, -0.1) is 0 Å². The van der Waals surface area contributed by atoms with Crippen LogP contribution in [0.5, 0.6) is 0 Å². The highest BCUT2D eigenvalue weighted by Gasteiger charge is 2.13. The molecule has 6 heteroatoms. The number of carbonyl (C=O) groups excluding carboxylic acids is 2. The average molecular weight is 390 g/mol. The van der Waals surface area contributed by atoms with Crippen LogP contribution in [0.15, 0.2) is 36.4 Å². The molecule has 1 N–H and O–H groups in total. The summed E-state index contributed by atoms with van der Waals surface area (Å²) in [4.78, 5) is 22.7. The molecule has 0 bridgehead atoms. The van der Waals surface area contributed by atoms with Gasteiger partial charge in [-0.3, -0.25) is 0 Å². The van der Waals surface area contributed by atoms with E-state index in [1.807, 2.05) is 0 Å². The van der Waals surface area contributed by atoms with Gasteiger partial charge < -0.3 is 14.6 Å². The quantitative estimate of drug-likeness (QED) is 0.457. The summed E-state index contributed by atoms with van der Waals surface area (Å²) in [5, 5.41) is 9.53. The fourth-order valence-corrected chi connectivity index (χ4v) is 1.54. The number of halogens is 1. The van der Waals surface area contributed by atoms with E-state index in [1.165, 1.54) is 6.92 Å². The first-order valence-electron chi connectivity index (χ1n) is 5.83. The predicted octanol–water partition coefficient (Wildman–Crippen LogP) is 1.93. The van der Waals surface area contributed by atoms with E-state index in [0.29, 0.717) is 5.56 Å². The Morgan fingerprint density at radius 1 is 1.25 bits per heavy atom. The number of hydrogen-bond donors (Lipinski definition) is 1. The van der Waals surface area contributed by atoms with Crippen LogP contribution < -0.4 is 0 Å². The zero-order chi connectivity index (χ0) is 15.1. The fraction of sp³-hybridized carbons (Fsp3) is 0.286. The Labute approximate surface area is 130 Å². The molecule has 1 aromatic carbocycles. The van der Waals surface area contributed by atoms with Crippen molar-refractivity contribution in [2.75, 3.05) is 13.2 Å². The molecular weight excluding hydrogens is 375 g/mol. The second-order valence-electron chi connectivity index (χ2n) is 4.14. The lowest BCUT2D eigenvalue weighted by Gasteiger charge is -2.12. The summed E-state index contributed by atoms with van der Waals surface area (Å²) in [6.07, 6.45) is -1.06. The molecule has 0 spiro atoms. The van der Waals surface area contributed by atoms with E-state index in [1.54, 1.807) is 24.3 Å². The number of hydrogen-bond acceptors (Lipinski definition) is 5. The van der Waals surface area contributed by atoms with Crippen LogP contribution in [0.1, 0.15) is 17.3 Å². The summed E-state index contributed by atoms with van der Waals surface area (Å²) in [6.45, 7) is 4.43. The smallest absolute Gasteiger partial charge is 0.338 e. The van der Waals surface area contributed by atoms with E-state index >= 15 is 0 Å². The molecule has 1 atom stereocenters. The molecule has 1 unspecified atom stereocenters. The Bertz CT molecular complexity index is 495. The van der Waals surface area contributed by atoms with Gasteiger partial charge in [0.1, 0.15) is 19.3 Å². The van der Waals surface area contributed by atoms with Gasteiger partial charge in [0.2, 0.25) is 0 Å². The average Bonchev–Trinajstić information content (AvgIpc) is 2.42. The summed E-state index contributed by atoms with van der Waals surface area (Å²) in [5.41, 5.74) is 0.643. The first kappa shape index (κ1) is 16.6. The van der Waals surface area contributed by atoms with Crippen molar-refractivity contribution in [1.82, 2.24) is 0 Å². The zero-order valence-electron chi connectivity index (χ0n) is 11.0. The van der Waals surface area contributed by atoms with E-state index in [4.69, 9.17) is 9.47 Å². The molecular formula is C14H15IO5. The monoisotopic (exact) mass is 390 g/mol. The van der Waals surface area contributed by atoms with Gasteiger partial charge >= 0.3 is 11.9 Å². The Balaban J connectivity index is 2.35. The molecule has 0 aliphatic rings. The largest absolute Gasteiger partial charge is 0.459 e. The van der Waals surface area contributed by atoms with Gasteiger partial charge in [-0.2, -0.15) is 0 Å². The molecule has 0 fully saturated rings. The summed E-state index contributed by atoms with van der Waals surface area (Å²) >= 11 is 2.13. The fourth-order valence-electron chi connectivity index (χ4n) is 1.18. The number of aliphatic hydroxyl groups is 1. The van der Waals surface area contributed by atoms with Gasteiger partial charge in [0, 0.05) is 9.14 Å². The third kappa shape index (κ3) is 5.70. The van der Waals surface area contributed by atoms with Gasteiger partial charge in [0.25, 0.3) is 0 Å². The summed E-state index contributed by atoms with van der Waals surface area (Å²) < 4.78 is 10.7. The van der Waals surface area contributed by atoms with Crippen molar-refractivity contribution in [2.45, 2.75) is 13.0 Å². The second kappa shape index (κ2) is 8.01. The van der Waals surface area contributed by atoms with Crippen LogP contribution in [0.3, 0.4) is 0 Å². The second-order valence-corrected chi connectivity index (χ2v) is 5.38. The van der Waals surface area contributed by atoms with Crippen LogP contribution in [-0.4, -0.2) is 36.4 Å². The third-order valence-corrected chi connectivity index (χ3v) is 2.96. The maximum absolute atomic E-state index is 11.6.